The molecule has 0 radical (unpaired) electrons. The van der Waals surface area contributed by atoms with E-state index in [0.29, 0.717) is 36.1 Å². The van der Waals surface area contributed by atoms with E-state index in [-0.39, 0.29) is 11.5 Å². The highest BCUT2D eigenvalue weighted by atomic mass is 19.4. The van der Waals surface area contributed by atoms with Crippen LogP contribution in [0.5, 0.6) is 11.5 Å². The number of aromatic nitrogens is 3. The lowest BCUT2D eigenvalue weighted by atomic mass is 9.96. The van der Waals surface area contributed by atoms with Gasteiger partial charge in [0.25, 0.3) is 0 Å². The van der Waals surface area contributed by atoms with E-state index >= 15 is 0 Å². The Morgan fingerprint density at radius 2 is 1.77 bits per heavy atom. The average Bonchev–Trinajstić information content (AvgIpc) is 3.30. The van der Waals surface area contributed by atoms with Crippen LogP contribution in [0.25, 0.3) is 17.1 Å². The van der Waals surface area contributed by atoms with Crippen LogP contribution in [-0.4, -0.2) is 15.0 Å². The van der Waals surface area contributed by atoms with Gasteiger partial charge in [-0.05, 0) is 66.3 Å². The maximum absolute atomic E-state index is 13.5. The molecule has 180 valence electrons. The molecule has 4 nitrogen and oxygen atoms in total. The summed E-state index contributed by atoms with van der Waals surface area (Å²) in [5.41, 5.74) is 2.14. The molecule has 0 spiro atoms. The minimum absolute atomic E-state index is 0.0320. The van der Waals surface area contributed by atoms with Crippen molar-refractivity contribution >= 4 is 5.57 Å². The third kappa shape index (κ3) is 5.74. The van der Waals surface area contributed by atoms with Crippen LogP contribution in [0, 0.1) is 18.6 Å². The fourth-order valence-corrected chi connectivity index (χ4v) is 3.62. The van der Waals surface area contributed by atoms with Crippen LogP contribution in [0.3, 0.4) is 0 Å². The standard InChI is InChI=1S/C26H20F5N3O/c1-15(6-7-17-10-18(27)12-19(28)11-17)21-4-3-5-23(16(21)2)35-20-8-9-32-22(13-20)25-33-14-24(34-25)26(29,30)31/h3-5,8-14H,1,6-7H2,2H3,(H,33,34). The van der Waals surface area contributed by atoms with Crippen LogP contribution in [0.15, 0.2) is 67.5 Å². The van der Waals surface area contributed by atoms with Crippen molar-refractivity contribution in [3.05, 3.63) is 102 Å². The monoisotopic (exact) mass is 485 g/mol. The number of benzene rings is 2. The molecular formula is C26H20F5N3O. The molecule has 0 aliphatic rings. The number of aryl methyl sites for hydroxylation is 1. The molecule has 0 aliphatic carbocycles. The molecule has 35 heavy (non-hydrogen) atoms. The quantitative estimate of drug-likeness (QED) is 0.276. The Kier molecular flexibility index (Phi) is 6.68. The molecular weight excluding hydrogens is 465 g/mol. The smallest absolute Gasteiger partial charge is 0.432 e. The number of nitrogens with one attached hydrogen (secondary N) is 1. The van der Waals surface area contributed by atoms with Crippen LogP contribution >= 0.6 is 0 Å². The van der Waals surface area contributed by atoms with Gasteiger partial charge >= 0.3 is 6.18 Å². The van der Waals surface area contributed by atoms with Crippen LogP contribution in [0.4, 0.5) is 22.0 Å². The first-order valence-corrected chi connectivity index (χ1v) is 10.6. The Morgan fingerprint density at radius 1 is 1.03 bits per heavy atom. The first-order chi connectivity index (χ1) is 16.6. The minimum atomic E-state index is -4.54. The summed E-state index contributed by atoms with van der Waals surface area (Å²) in [6.45, 7) is 5.96. The predicted molar refractivity (Wildman–Crippen MR) is 122 cm³/mol. The van der Waals surface area contributed by atoms with E-state index in [1.54, 1.807) is 18.2 Å². The number of alkyl halides is 3. The third-order valence-electron chi connectivity index (χ3n) is 5.39. The molecule has 0 aliphatic heterocycles. The Bertz CT molecular complexity index is 1360. The zero-order valence-corrected chi connectivity index (χ0v) is 18.6. The maximum atomic E-state index is 13.5. The van der Waals surface area contributed by atoms with Gasteiger partial charge < -0.3 is 9.72 Å². The van der Waals surface area contributed by atoms with E-state index in [1.165, 1.54) is 24.4 Å². The normalized spacial score (nSPS) is 11.5. The predicted octanol–water partition coefficient (Wildman–Crippen LogP) is 7.52. The fraction of sp³-hybridized carbons (Fsp3) is 0.154. The molecule has 0 unspecified atom stereocenters. The number of pyridine rings is 1. The summed E-state index contributed by atoms with van der Waals surface area (Å²) in [7, 11) is 0. The van der Waals surface area contributed by atoms with Crippen LogP contribution in [0.2, 0.25) is 0 Å². The molecule has 1 N–H and O–H groups in total. The van der Waals surface area contributed by atoms with Gasteiger partial charge in [-0.1, -0.05) is 18.7 Å². The number of halogens is 5. The summed E-state index contributed by atoms with van der Waals surface area (Å²) in [6.07, 6.45) is -1.53. The summed E-state index contributed by atoms with van der Waals surface area (Å²) in [5.74, 6) is -0.402. The molecule has 4 aromatic rings. The van der Waals surface area contributed by atoms with Gasteiger partial charge in [-0.2, -0.15) is 13.2 Å². The first-order valence-electron chi connectivity index (χ1n) is 10.6. The highest BCUT2D eigenvalue weighted by Gasteiger charge is 2.33. The van der Waals surface area contributed by atoms with Gasteiger partial charge in [0.2, 0.25) is 0 Å². The van der Waals surface area contributed by atoms with E-state index in [1.807, 2.05) is 13.0 Å². The molecule has 2 aromatic heterocycles. The zero-order chi connectivity index (χ0) is 25.2. The lowest BCUT2D eigenvalue weighted by Gasteiger charge is -2.15. The van der Waals surface area contributed by atoms with Crippen molar-refractivity contribution in [3.8, 4) is 23.0 Å². The SMILES string of the molecule is C=C(CCc1cc(F)cc(F)c1)c1cccc(Oc2ccnc(-c3ncc(C(F)(F)F)[nH]3)c2)c1C. The number of hydrogen-bond acceptors (Lipinski definition) is 3. The number of rotatable bonds is 7. The topological polar surface area (TPSA) is 50.8 Å². The van der Waals surface area contributed by atoms with Gasteiger partial charge in [-0.3, -0.25) is 4.98 Å². The Balaban J connectivity index is 1.50. The lowest BCUT2D eigenvalue weighted by molar-refractivity contribution is -0.140. The first kappa shape index (κ1) is 24.1. The van der Waals surface area contributed by atoms with Crippen molar-refractivity contribution in [1.29, 1.82) is 0 Å². The second-order valence-electron chi connectivity index (χ2n) is 7.93. The molecule has 2 heterocycles. The number of nitrogens with zero attached hydrogens (tertiary/aromatic N) is 2. The molecule has 9 heteroatoms. The molecule has 0 fully saturated rings. The van der Waals surface area contributed by atoms with E-state index in [9.17, 15) is 22.0 Å². The second kappa shape index (κ2) is 9.69. The van der Waals surface area contributed by atoms with Crippen molar-refractivity contribution in [1.82, 2.24) is 15.0 Å². The van der Waals surface area contributed by atoms with Gasteiger partial charge in [-0.15, -0.1) is 0 Å². The number of allylic oxidation sites excluding steroid dienone is 1. The van der Waals surface area contributed by atoms with E-state index in [2.05, 4.69) is 21.5 Å². The largest absolute Gasteiger partial charge is 0.457 e. The fourth-order valence-electron chi connectivity index (χ4n) is 3.62. The minimum Gasteiger partial charge on any atom is -0.457 e. The van der Waals surface area contributed by atoms with E-state index in [0.717, 1.165) is 22.8 Å². The molecule has 4 rings (SSSR count). The van der Waals surface area contributed by atoms with Crippen molar-refractivity contribution in [2.24, 2.45) is 0 Å². The number of hydrogen-bond donors (Lipinski definition) is 1. The zero-order valence-electron chi connectivity index (χ0n) is 18.6. The maximum Gasteiger partial charge on any atom is 0.432 e. The average molecular weight is 485 g/mol. The summed E-state index contributed by atoms with van der Waals surface area (Å²) in [4.78, 5) is 10.0. The third-order valence-corrected chi connectivity index (χ3v) is 5.39. The van der Waals surface area contributed by atoms with Crippen molar-refractivity contribution in [2.45, 2.75) is 25.9 Å². The number of imidazole rings is 1. The molecule has 0 saturated carbocycles. The van der Waals surface area contributed by atoms with E-state index < -0.39 is 23.5 Å². The lowest BCUT2D eigenvalue weighted by Crippen LogP contribution is -2.04. The number of aromatic amines is 1. The van der Waals surface area contributed by atoms with Gasteiger partial charge in [-0.25, -0.2) is 13.8 Å². The van der Waals surface area contributed by atoms with Crippen LogP contribution in [-0.2, 0) is 12.6 Å². The summed E-state index contributed by atoms with van der Waals surface area (Å²) in [5, 5.41) is 0. The van der Waals surface area contributed by atoms with Crippen LogP contribution < -0.4 is 4.74 Å². The number of ether oxygens (including phenoxy) is 1. The second-order valence-corrected chi connectivity index (χ2v) is 7.93. The van der Waals surface area contributed by atoms with Gasteiger partial charge in [0.05, 0.1) is 6.20 Å². The van der Waals surface area contributed by atoms with Crippen LogP contribution in [0.1, 0.15) is 28.8 Å². The Morgan fingerprint density at radius 3 is 2.46 bits per heavy atom. The molecule has 0 saturated heterocycles. The van der Waals surface area contributed by atoms with Crippen molar-refractivity contribution in [3.63, 3.8) is 0 Å². The summed E-state index contributed by atoms with van der Waals surface area (Å²) < 4.78 is 71.5. The molecule has 2 aromatic carbocycles. The molecule has 0 bridgehead atoms. The summed E-state index contributed by atoms with van der Waals surface area (Å²) in [6, 6.07) is 11.9. The summed E-state index contributed by atoms with van der Waals surface area (Å²) >= 11 is 0. The highest BCUT2D eigenvalue weighted by Crippen LogP contribution is 2.33. The Hall–Kier alpha value is -4.01. The van der Waals surface area contributed by atoms with Crippen molar-refractivity contribution < 1.29 is 26.7 Å². The van der Waals surface area contributed by atoms with Gasteiger partial charge in [0.1, 0.15) is 34.5 Å². The van der Waals surface area contributed by atoms with Gasteiger partial charge in [0, 0.05) is 18.3 Å². The number of H-pyrrole nitrogens is 1. The van der Waals surface area contributed by atoms with Crippen molar-refractivity contribution in [2.75, 3.05) is 0 Å². The molecule has 0 atom stereocenters. The van der Waals surface area contributed by atoms with E-state index in [4.69, 9.17) is 4.74 Å². The Labute approximate surface area is 198 Å². The highest BCUT2D eigenvalue weighted by molar-refractivity contribution is 5.68. The van der Waals surface area contributed by atoms with Gasteiger partial charge in [0.15, 0.2) is 5.82 Å². The molecule has 0 amide bonds.